The number of aliphatic hydroxyl groups excluding tert-OH is 1. The highest BCUT2D eigenvalue weighted by Gasteiger charge is 2.46. The van der Waals surface area contributed by atoms with E-state index in [1.165, 1.54) is 6.07 Å². The Balaban J connectivity index is 1.68. The zero-order chi connectivity index (χ0) is 26.6. The van der Waals surface area contributed by atoms with Crippen molar-refractivity contribution in [2.45, 2.75) is 56.0 Å². The Bertz CT molecular complexity index is 1080. The van der Waals surface area contributed by atoms with Crippen molar-refractivity contribution in [1.29, 1.82) is 0 Å². The van der Waals surface area contributed by atoms with Gasteiger partial charge in [-0.05, 0) is 61.4 Å². The van der Waals surface area contributed by atoms with Crippen molar-refractivity contribution in [2.24, 2.45) is 11.7 Å². The molecule has 2 aromatic rings. The van der Waals surface area contributed by atoms with Gasteiger partial charge >= 0.3 is 0 Å². The molecular formula is C28H36ClFN2O5. The number of methoxy groups -OCH3 is 1. The molecule has 37 heavy (non-hydrogen) atoms. The number of ether oxygens (including phenoxy) is 2. The third-order valence-electron chi connectivity index (χ3n) is 7.59. The standard InChI is InChI=1S/C28H36ClFN2O5/c1-36-12-3-2-10-28(35,21-8-5-9-22(30)26(21)18-6-4-7-20(29)14-18)25-17-32(11-13-37-25)27(34)19-15-23(31)24(33)16-19/h4-9,14,19,23-25,33,35H,2-3,10-13,15-17,31H2,1H3/t19-,23+,24-,25?,28+/m0/s1. The number of hydrogen-bond acceptors (Lipinski definition) is 6. The SMILES string of the molecule is COCCCC[C@@](O)(c1cccc(F)c1-c1cccc(Cl)c1)C1CN(C(=O)[C@H]2C[C@@H](N)[C@@H](O)C2)CCO1. The van der Waals surface area contributed by atoms with Crippen molar-refractivity contribution in [1.82, 2.24) is 4.90 Å². The minimum absolute atomic E-state index is 0.101. The number of nitrogens with two attached hydrogens (primary N) is 1. The van der Waals surface area contributed by atoms with Gasteiger partial charge in [0.15, 0.2) is 0 Å². The first kappa shape index (κ1) is 28.0. The molecule has 1 amide bonds. The van der Waals surface area contributed by atoms with Crippen LogP contribution >= 0.6 is 11.6 Å². The van der Waals surface area contributed by atoms with Gasteiger partial charge in [-0.1, -0.05) is 35.9 Å². The normalized spacial score (nSPS) is 25.7. The van der Waals surface area contributed by atoms with Crippen molar-refractivity contribution < 1.29 is 28.9 Å². The summed E-state index contributed by atoms with van der Waals surface area (Å²) in [7, 11) is 1.62. The highest BCUT2D eigenvalue weighted by atomic mass is 35.5. The second kappa shape index (κ2) is 12.2. The van der Waals surface area contributed by atoms with Gasteiger partial charge in [0.05, 0.1) is 19.3 Å². The van der Waals surface area contributed by atoms with Crippen molar-refractivity contribution in [3.05, 3.63) is 58.9 Å². The van der Waals surface area contributed by atoms with E-state index in [9.17, 15) is 15.0 Å². The molecule has 1 saturated heterocycles. The quantitative estimate of drug-likeness (QED) is 0.425. The van der Waals surface area contributed by atoms with Crippen LogP contribution in [-0.2, 0) is 19.9 Å². The van der Waals surface area contributed by atoms with E-state index >= 15 is 4.39 Å². The number of carbonyl (C=O) groups excluding carboxylic acids is 1. The molecule has 2 aliphatic rings. The van der Waals surface area contributed by atoms with E-state index in [2.05, 4.69) is 0 Å². The monoisotopic (exact) mass is 534 g/mol. The molecule has 4 N–H and O–H groups in total. The summed E-state index contributed by atoms with van der Waals surface area (Å²) in [6.07, 6.45) is 0.857. The molecule has 7 nitrogen and oxygen atoms in total. The Morgan fingerprint density at radius 2 is 2.05 bits per heavy atom. The van der Waals surface area contributed by atoms with Gasteiger partial charge in [-0.25, -0.2) is 4.39 Å². The third kappa shape index (κ3) is 6.16. The molecule has 1 heterocycles. The van der Waals surface area contributed by atoms with Crippen LogP contribution in [0.1, 0.15) is 37.7 Å². The van der Waals surface area contributed by atoms with Crippen molar-refractivity contribution >= 4 is 17.5 Å². The van der Waals surface area contributed by atoms with Crippen LogP contribution in [0.4, 0.5) is 4.39 Å². The lowest BCUT2D eigenvalue weighted by atomic mass is 9.78. The summed E-state index contributed by atoms with van der Waals surface area (Å²) >= 11 is 6.22. The van der Waals surface area contributed by atoms with E-state index in [1.807, 2.05) is 0 Å². The molecule has 2 fully saturated rings. The number of halogens is 2. The van der Waals surface area contributed by atoms with Crippen LogP contribution in [0.5, 0.6) is 0 Å². The van der Waals surface area contributed by atoms with Gasteiger partial charge in [0, 0.05) is 42.8 Å². The Morgan fingerprint density at radius 1 is 1.27 bits per heavy atom. The number of hydrogen-bond donors (Lipinski definition) is 3. The van der Waals surface area contributed by atoms with Crippen LogP contribution in [0.3, 0.4) is 0 Å². The highest BCUT2D eigenvalue weighted by Crippen LogP contribution is 2.42. The molecular weight excluding hydrogens is 499 g/mol. The number of amides is 1. The minimum atomic E-state index is -1.59. The molecule has 0 bridgehead atoms. The molecule has 2 aromatic carbocycles. The first-order valence-corrected chi connectivity index (χ1v) is 13.2. The molecule has 0 spiro atoms. The van der Waals surface area contributed by atoms with Gasteiger partial charge in [-0.3, -0.25) is 4.79 Å². The van der Waals surface area contributed by atoms with Crippen molar-refractivity contribution in [2.75, 3.05) is 33.4 Å². The van der Waals surface area contributed by atoms with Crippen LogP contribution in [0.15, 0.2) is 42.5 Å². The molecule has 1 saturated carbocycles. The molecule has 202 valence electrons. The van der Waals surface area contributed by atoms with Gasteiger partial charge in [-0.2, -0.15) is 0 Å². The summed E-state index contributed by atoms with van der Waals surface area (Å²) in [5.74, 6) is -0.946. The summed E-state index contributed by atoms with van der Waals surface area (Å²) in [6, 6.07) is 11.1. The Morgan fingerprint density at radius 3 is 2.76 bits per heavy atom. The summed E-state index contributed by atoms with van der Waals surface area (Å²) in [5, 5.41) is 22.8. The average molecular weight is 535 g/mol. The van der Waals surface area contributed by atoms with E-state index in [1.54, 1.807) is 48.4 Å². The van der Waals surface area contributed by atoms with Gasteiger partial charge < -0.3 is 30.3 Å². The molecule has 4 rings (SSSR count). The summed E-state index contributed by atoms with van der Waals surface area (Å²) in [6.45, 7) is 1.29. The molecule has 1 aliphatic heterocycles. The predicted octanol–water partition coefficient (Wildman–Crippen LogP) is 3.48. The zero-order valence-corrected chi connectivity index (χ0v) is 21.9. The van der Waals surface area contributed by atoms with Crippen LogP contribution in [0, 0.1) is 11.7 Å². The number of aliphatic hydroxyl groups is 2. The van der Waals surface area contributed by atoms with Gasteiger partial charge in [0.1, 0.15) is 17.5 Å². The van der Waals surface area contributed by atoms with Gasteiger partial charge in [0.2, 0.25) is 5.91 Å². The van der Waals surface area contributed by atoms with E-state index in [4.69, 9.17) is 26.8 Å². The van der Waals surface area contributed by atoms with E-state index in [-0.39, 0.29) is 37.0 Å². The van der Waals surface area contributed by atoms with E-state index in [0.717, 1.165) is 0 Å². The fourth-order valence-corrected chi connectivity index (χ4v) is 5.77. The zero-order valence-electron chi connectivity index (χ0n) is 21.1. The Hall–Kier alpha value is -2.07. The number of nitrogens with zero attached hydrogens (tertiary/aromatic N) is 1. The smallest absolute Gasteiger partial charge is 0.226 e. The number of unbranched alkanes of at least 4 members (excludes halogenated alkanes) is 1. The molecule has 9 heteroatoms. The van der Waals surface area contributed by atoms with Gasteiger partial charge in [0.25, 0.3) is 0 Å². The number of benzene rings is 2. The highest BCUT2D eigenvalue weighted by molar-refractivity contribution is 6.30. The van der Waals surface area contributed by atoms with Crippen LogP contribution in [0.25, 0.3) is 11.1 Å². The maximum atomic E-state index is 15.4. The first-order chi connectivity index (χ1) is 17.7. The first-order valence-electron chi connectivity index (χ1n) is 12.8. The fraction of sp³-hybridized carbons (Fsp3) is 0.536. The largest absolute Gasteiger partial charge is 0.391 e. The Kier molecular flexibility index (Phi) is 9.21. The Labute approximate surface area is 222 Å². The van der Waals surface area contributed by atoms with E-state index < -0.39 is 29.7 Å². The van der Waals surface area contributed by atoms with Crippen LogP contribution < -0.4 is 5.73 Å². The van der Waals surface area contributed by atoms with Gasteiger partial charge in [-0.15, -0.1) is 0 Å². The maximum absolute atomic E-state index is 15.4. The lowest BCUT2D eigenvalue weighted by Gasteiger charge is -2.43. The third-order valence-corrected chi connectivity index (χ3v) is 7.82. The van der Waals surface area contributed by atoms with Crippen molar-refractivity contribution in [3.8, 4) is 11.1 Å². The predicted molar refractivity (Wildman–Crippen MR) is 139 cm³/mol. The molecule has 5 atom stereocenters. The van der Waals surface area contributed by atoms with Crippen LogP contribution in [-0.4, -0.2) is 72.7 Å². The molecule has 0 radical (unpaired) electrons. The number of morpholine rings is 1. The second-order valence-electron chi connectivity index (χ2n) is 10.1. The second-order valence-corrected chi connectivity index (χ2v) is 10.5. The molecule has 1 unspecified atom stereocenters. The number of rotatable bonds is 9. The molecule has 0 aromatic heterocycles. The van der Waals surface area contributed by atoms with E-state index in [0.29, 0.717) is 55.0 Å². The average Bonchev–Trinajstić information content (AvgIpc) is 3.23. The minimum Gasteiger partial charge on any atom is -0.391 e. The summed E-state index contributed by atoms with van der Waals surface area (Å²) in [5.41, 5.74) is 5.56. The maximum Gasteiger partial charge on any atom is 0.226 e. The topological polar surface area (TPSA) is 105 Å². The lowest BCUT2D eigenvalue weighted by Crippen LogP contribution is -2.55. The number of carbonyl (C=O) groups is 1. The summed E-state index contributed by atoms with van der Waals surface area (Å²) in [4.78, 5) is 15.0. The van der Waals surface area contributed by atoms with Crippen molar-refractivity contribution in [3.63, 3.8) is 0 Å². The molecule has 1 aliphatic carbocycles. The van der Waals surface area contributed by atoms with Crippen LogP contribution in [0.2, 0.25) is 5.02 Å². The lowest BCUT2D eigenvalue weighted by molar-refractivity contribution is -0.167. The fourth-order valence-electron chi connectivity index (χ4n) is 5.58. The summed E-state index contributed by atoms with van der Waals surface area (Å²) < 4.78 is 26.7.